The number of carboxylic acids is 2. The van der Waals surface area contributed by atoms with Gasteiger partial charge in [-0.3, -0.25) is 14.9 Å². The van der Waals surface area contributed by atoms with Crippen molar-refractivity contribution in [2.45, 2.75) is 57.2 Å². The van der Waals surface area contributed by atoms with Crippen LogP contribution in [0.2, 0.25) is 0 Å². The van der Waals surface area contributed by atoms with Crippen LogP contribution in [0.1, 0.15) is 38.2 Å². The molecule has 1 aromatic carbocycles. The van der Waals surface area contributed by atoms with Gasteiger partial charge < -0.3 is 19.8 Å². The van der Waals surface area contributed by atoms with Gasteiger partial charge in [0.1, 0.15) is 12.1 Å². The lowest BCUT2D eigenvalue weighted by Crippen LogP contribution is -2.53. The maximum atomic E-state index is 13.1. The lowest BCUT2D eigenvalue weighted by atomic mass is 9.80. The van der Waals surface area contributed by atoms with Crippen molar-refractivity contribution in [3.05, 3.63) is 35.9 Å². The summed E-state index contributed by atoms with van der Waals surface area (Å²) in [5.74, 6) is -2.44. The average molecular weight is 418 g/mol. The SMILES string of the molecule is CC(N[C@@H](CCc1ccccc1)C(=O)O)C(=O)N1CC2(CCCOC2)C[C@H]1C(=O)O. The van der Waals surface area contributed by atoms with Gasteiger partial charge in [-0.25, -0.2) is 4.79 Å². The van der Waals surface area contributed by atoms with Crippen LogP contribution in [-0.2, 0) is 25.5 Å². The van der Waals surface area contributed by atoms with E-state index in [2.05, 4.69) is 5.32 Å². The molecule has 2 heterocycles. The zero-order valence-corrected chi connectivity index (χ0v) is 17.3. The highest BCUT2D eigenvalue weighted by Crippen LogP contribution is 2.41. The minimum Gasteiger partial charge on any atom is -0.480 e. The molecule has 1 spiro atoms. The van der Waals surface area contributed by atoms with Crippen LogP contribution in [0.25, 0.3) is 0 Å². The second-order valence-electron chi connectivity index (χ2n) is 8.48. The first-order valence-corrected chi connectivity index (χ1v) is 10.5. The molecule has 4 atom stereocenters. The van der Waals surface area contributed by atoms with Crippen LogP contribution < -0.4 is 5.32 Å². The van der Waals surface area contributed by atoms with Crippen LogP contribution in [0.15, 0.2) is 30.3 Å². The number of hydrogen-bond donors (Lipinski definition) is 3. The van der Waals surface area contributed by atoms with Crippen molar-refractivity contribution < 1.29 is 29.3 Å². The summed E-state index contributed by atoms with van der Waals surface area (Å²) in [7, 11) is 0. The molecule has 0 bridgehead atoms. The number of hydrogen-bond acceptors (Lipinski definition) is 5. The second kappa shape index (κ2) is 9.57. The van der Waals surface area contributed by atoms with Crippen LogP contribution >= 0.6 is 0 Å². The van der Waals surface area contributed by atoms with E-state index in [1.54, 1.807) is 6.92 Å². The van der Waals surface area contributed by atoms with Gasteiger partial charge >= 0.3 is 11.9 Å². The van der Waals surface area contributed by atoms with Crippen LogP contribution in [0.3, 0.4) is 0 Å². The number of aryl methyl sites for hydroxylation is 1. The zero-order valence-electron chi connectivity index (χ0n) is 17.3. The molecule has 3 N–H and O–H groups in total. The minimum absolute atomic E-state index is 0.323. The number of likely N-dealkylation sites (tertiary alicyclic amines) is 1. The van der Waals surface area contributed by atoms with Gasteiger partial charge in [-0.15, -0.1) is 0 Å². The molecule has 2 fully saturated rings. The highest BCUT2D eigenvalue weighted by atomic mass is 16.5. The number of ether oxygens (including phenoxy) is 1. The van der Waals surface area contributed by atoms with Crippen molar-refractivity contribution in [1.29, 1.82) is 0 Å². The zero-order chi connectivity index (χ0) is 21.7. The molecule has 30 heavy (non-hydrogen) atoms. The fraction of sp³-hybridized carbons (Fsp3) is 0.591. The fourth-order valence-electron chi connectivity index (χ4n) is 4.56. The summed E-state index contributed by atoms with van der Waals surface area (Å²) in [4.78, 5) is 38.0. The number of nitrogens with one attached hydrogen (secondary N) is 1. The fourth-order valence-corrected chi connectivity index (χ4v) is 4.56. The molecule has 8 heteroatoms. The maximum Gasteiger partial charge on any atom is 0.326 e. The van der Waals surface area contributed by atoms with Crippen molar-refractivity contribution in [2.24, 2.45) is 5.41 Å². The topological polar surface area (TPSA) is 116 Å². The average Bonchev–Trinajstić information content (AvgIpc) is 3.10. The number of amides is 1. The molecule has 2 aliphatic rings. The molecular formula is C22H30N2O6. The number of carbonyl (C=O) groups excluding carboxylic acids is 1. The van der Waals surface area contributed by atoms with Crippen molar-refractivity contribution in [2.75, 3.05) is 19.8 Å². The van der Waals surface area contributed by atoms with E-state index >= 15 is 0 Å². The van der Waals surface area contributed by atoms with Gasteiger partial charge in [-0.1, -0.05) is 30.3 Å². The van der Waals surface area contributed by atoms with Crippen molar-refractivity contribution in [3.63, 3.8) is 0 Å². The maximum absolute atomic E-state index is 13.1. The Balaban J connectivity index is 1.64. The van der Waals surface area contributed by atoms with Crippen molar-refractivity contribution in [3.8, 4) is 0 Å². The first-order valence-electron chi connectivity index (χ1n) is 10.5. The van der Waals surface area contributed by atoms with E-state index < -0.39 is 30.1 Å². The van der Waals surface area contributed by atoms with Gasteiger partial charge in [-0.2, -0.15) is 0 Å². The Bertz CT molecular complexity index is 762. The van der Waals surface area contributed by atoms with Gasteiger partial charge in [0.2, 0.25) is 5.91 Å². The van der Waals surface area contributed by atoms with E-state index in [4.69, 9.17) is 4.74 Å². The second-order valence-corrected chi connectivity index (χ2v) is 8.48. The van der Waals surface area contributed by atoms with Crippen molar-refractivity contribution in [1.82, 2.24) is 10.2 Å². The first kappa shape index (κ1) is 22.2. The Morgan fingerprint density at radius 2 is 2.00 bits per heavy atom. The standard InChI is InChI=1S/C22H30N2O6/c1-15(23-17(20(26)27)9-8-16-6-3-2-4-7-16)19(25)24-13-22(10-5-11-30-14-22)12-18(24)21(28)29/h2-4,6-7,15,17-18,23H,5,8-14H2,1H3,(H,26,27)(H,28,29)/t15?,17-,18-,22?/m0/s1. The summed E-state index contributed by atoms with van der Waals surface area (Å²) in [6.45, 7) is 3.04. The van der Waals surface area contributed by atoms with Crippen LogP contribution in [0.4, 0.5) is 0 Å². The number of aliphatic carboxylic acids is 2. The van der Waals surface area contributed by atoms with Gasteiger partial charge in [0.25, 0.3) is 0 Å². The third-order valence-electron chi connectivity index (χ3n) is 6.16. The van der Waals surface area contributed by atoms with E-state index in [-0.39, 0.29) is 11.3 Å². The number of carboxylic acid groups (broad SMARTS) is 2. The smallest absolute Gasteiger partial charge is 0.326 e. The van der Waals surface area contributed by atoms with Crippen molar-refractivity contribution >= 4 is 17.8 Å². The molecule has 164 valence electrons. The Labute approximate surface area is 176 Å². The van der Waals surface area contributed by atoms with Crippen LogP contribution in [0.5, 0.6) is 0 Å². The van der Waals surface area contributed by atoms with E-state index in [1.807, 2.05) is 30.3 Å². The number of carbonyl (C=O) groups is 3. The first-order chi connectivity index (χ1) is 14.3. The summed E-state index contributed by atoms with van der Waals surface area (Å²) in [6, 6.07) is 6.95. The Kier molecular flexibility index (Phi) is 7.10. The summed E-state index contributed by atoms with van der Waals surface area (Å²) < 4.78 is 5.57. The molecule has 8 nitrogen and oxygen atoms in total. The Hall–Kier alpha value is -2.45. The molecule has 0 aliphatic carbocycles. The van der Waals surface area contributed by atoms with E-state index in [0.717, 1.165) is 18.4 Å². The number of nitrogens with zero attached hydrogens (tertiary/aromatic N) is 1. The van der Waals surface area contributed by atoms with E-state index in [9.17, 15) is 24.6 Å². The molecule has 0 radical (unpaired) electrons. The van der Waals surface area contributed by atoms with Gasteiger partial charge in [-0.05, 0) is 44.6 Å². The molecule has 0 saturated carbocycles. The molecule has 2 aliphatic heterocycles. The third-order valence-corrected chi connectivity index (χ3v) is 6.16. The van der Waals surface area contributed by atoms with Gasteiger partial charge in [0.05, 0.1) is 12.6 Å². The Morgan fingerprint density at radius 1 is 1.27 bits per heavy atom. The minimum atomic E-state index is -1.03. The van der Waals surface area contributed by atoms with Crippen LogP contribution in [0, 0.1) is 5.41 Å². The Morgan fingerprint density at radius 3 is 2.60 bits per heavy atom. The molecule has 0 aromatic heterocycles. The monoisotopic (exact) mass is 418 g/mol. The molecule has 2 saturated heterocycles. The molecule has 1 amide bonds. The summed E-state index contributed by atoms with van der Waals surface area (Å²) in [5, 5.41) is 22.1. The quantitative estimate of drug-likeness (QED) is 0.586. The van der Waals surface area contributed by atoms with E-state index in [1.165, 1.54) is 4.90 Å². The largest absolute Gasteiger partial charge is 0.480 e. The normalized spacial score (nSPS) is 25.8. The summed E-state index contributed by atoms with van der Waals surface area (Å²) in [5.41, 5.74) is 0.699. The summed E-state index contributed by atoms with van der Waals surface area (Å²) in [6.07, 6.45) is 2.95. The highest BCUT2D eigenvalue weighted by molar-refractivity contribution is 5.88. The highest BCUT2D eigenvalue weighted by Gasteiger charge is 2.50. The lowest BCUT2D eigenvalue weighted by molar-refractivity contribution is -0.149. The lowest BCUT2D eigenvalue weighted by Gasteiger charge is -2.33. The van der Waals surface area contributed by atoms with E-state index in [0.29, 0.717) is 39.0 Å². The molecule has 3 rings (SSSR count). The van der Waals surface area contributed by atoms with Gasteiger partial charge in [0, 0.05) is 18.6 Å². The predicted octanol–water partition coefficient (Wildman–Crippen LogP) is 1.53. The molecule has 2 unspecified atom stereocenters. The van der Waals surface area contributed by atoms with Gasteiger partial charge in [0.15, 0.2) is 0 Å². The number of rotatable bonds is 8. The van der Waals surface area contributed by atoms with Crippen LogP contribution in [-0.4, -0.2) is 70.8 Å². The number of benzene rings is 1. The summed E-state index contributed by atoms with van der Waals surface area (Å²) >= 11 is 0. The molecular weight excluding hydrogens is 388 g/mol. The molecule has 1 aromatic rings. The predicted molar refractivity (Wildman–Crippen MR) is 109 cm³/mol. The third kappa shape index (κ3) is 5.17.